The van der Waals surface area contributed by atoms with E-state index in [0.717, 1.165) is 34.7 Å². The van der Waals surface area contributed by atoms with Crippen molar-refractivity contribution in [3.05, 3.63) is 87.8 Å². The molecule has 1 saturated carbocycles. The van der Waals surface area contributed by atoms with Crippen molar-refractivity contribution in [3.8, 4) is 11.4 Å². The molecule has 1 fully saturated rings. The first-order valence-electron chi connectivity index (χ1n) is 10.7. The summed E-state index contributed by atoms with van der Waals surface area (Å²) in [7, 11) is 0. The number of nitrogens with one attached hydrogen (secondary N) is 1. The van der Waals surface area contributed by atoms with Crippen LogP contribution in [0.5, 0.6) is 0 Å². The fraction of sp³-hybridized carbons (Fsp3) is 0.240. The van der Waals surface area contributed by atoms with Gasteiger partial charge in [-0.3, -0.25) is 9.36 Å². The van der Waals surface area contributed by atoms with Crippen LogP contribution in [0.1, 0.15) is 37.4 Å². The summed E-state index contributed by atoms with van der Waals surface area (Å²) in [6, 6.07) is 21.3. The van der Waals surface area contributed by atoms with E-state index in [0.29, 0.717) is 10.8 Å². The summed E-state index contributed by atoms with van der Waals surface area (Å²) < 4.78 is 2.96. The molecule has 5 rings (SSSR count). The van der Waals surface area contributed by atoms with E-state index in [9.17, 15) is 9.59 Å². The summed E-state index contributed by atoms with van der Waals surface area (Å²) in [5.41, 5.74) is 1.58. The lowest BCUT2D eigenvalue weighted by Gasteiger charge is -2.16. The van der Waals surface area contributed by atoms with Gasteiger partial charge in [0.25, 0.3) is 0 Å². The third-order valence-electron chi connectivity index (χ3n) is 5.85. The number of aromatic nitrogens is 3. The average molecular weight is 447 g/mol. The molecule has 162 valence electrons. The van der Waals surface area contributed by atoms with Gasteiger partial charge in [-0.1, -0.05) is 54.1 Å². The Hall–Kier alpha value is -3.38. The van der Waals surface area contributed by atoms with Crippen LogP contribution >= 0.6 is 11.6 Å². The Labute approximate surface area is 190 Å². The molecule has 4 aromatic rings. The van der Waals surface area contributed by atoms with Crippen molar-refractivity contribution in [1.29, 1.82) is 0 Å². The standard InChI is InChI=1S/C25H23ClN4O2/c1-16(21-8-4-6-17-5-2-3-7-22(17)21)27-23(31)15-29-25(32)30(20-13-14-20)24(28-29)18-9-11-19(26)12-10-18/h2-12,16,20H,13-15H2,1H3,(H,27,31). The second-order valence-corrected chi connectivity index (χ2v) is 8.67. The first kappa shape index (κ1) is 20.5. The van der Waals surface area contributed by atoms with E-state index in [-0.39, 0.29) is 30.2 Å². The Balaban J connectivity index is 1.39. The van der Waals surface area contributed by atoms with Crippen LogP contribution in [0.25, 0.3) is 22.2 Å². The van der Waals surface area contributed by atoms with Crippen molar-refractivity contribution in [2.45, 2.75) is 38.4 Å². The van der Waals surface area contributed by atoms with Crippen molar-refractivity contribution in [2.24, 2.45) is 0 Å². The lowest BCUT2D eigenvalue weighted by molar-refractivity contribution is -0.122. The Kier molecular flexibility index (Phi) is 5.31. The molecule has 1 aliphatic carbocycles. The van der Waals surface area contributed by atoms with E-state index >= 15 is 0 Å². The predicted octanol–water partition coefficient (Wildman–Crippen LogP) is 4.73. The molecule has 1 atom stereocenters. The third kappa shape index (κ3) is 3.94. The summed E-state index contributed by atoms with van der Waals surface area (Å²) in [6.07, 6.45) is 1.88. The number of rotatable bonds is 6. The number of carbonyl (C=O) groups is 1. The highest BCUT2D eigenvalue weighted by Gasteiger charge is 2.30. The molecule has 0 spiro atoms. The molecule has 0 aliphatic heterocycles. The molecule has 1 aliphatic rings. The van der Waals surface area contributed by atoms with Crippen LogP contribution in [0.4, 0.5) is 0 Å². The van der Waals surface area contributed by atoms with Gasteiger partial charge in [-0.05, 0) is 60.4 Å². The van der Waals surface area contributed by atoms with E-state index in [1.54, 1.807) is 16.7 Å². The summed E-state index contributed by atoms with van der Waals surface area (Å²) in [4.78, 5) is 25.9. The number of amides is 1. The fourth-order valence-electron chi connectivity index (χ4n) is 4.11. The molecule has 6 nitrogen and oxygen atoms in total. The number of carbonyl (C=O) groups excluding carboxylic acids is 1. The first-order chi connectivity index (χ1) is 15.5. The molecule has 1 aromatic heterocycles. The molecule has 1 amide bonds. The molecule has 32 heavy (non-hydrogen) atoms. The number of hydrogen-bond donors (Lipinski definition) is 1. The number of fused-ring (bicyclic) bond motifs is 1. The topological polar surface area (TPSA) is 68.9 Å². The molecule has 3 aromatic carbocycles. The van der Waals surface area contributed by atoms with Gasteiger partial charge in [0.05, 0.1) is 6.04 Å². The van der Waals surface area contributed by atoms with Crippen molar-refractivity contribution < 1.29 is 4.79 Å². The van der Waals surface area contributed by atoms with Gasteiger partial charge in [-0.15, -0.1) is 5.10 Å². The third-order valence-corrected chi connectivity index (χ3v) is 6.10. The molecule has 0 radical (unpaired) electrons. The fourth-order valence-corrected chi connectivity index (χ4v) is 4.24. The number of halogens is 1. The predicted molar refractivity (Wildman–Crippen MR) is 126 cm³/mol. The second-order valence-electron chi connectivity index (χ2n) is 8.23. The van der Waals surface area contributed by atoms with E-state index in [2.05, 4.69) is 22.5 Å². The monoisotopic (exact) mass is 446 g/mol. The number of hydrogen-bond acceptors (Lipinski definition) is 3. The highest BCUT2D eigenvalue weighted by atomic mass is 35.5. The number of nitrogens with zero attached hydrogens (tertiary/aromatic N) is 3. The highest BCUT2D eigenvalue weighted by Crippen LogP contribution is 2.36. The van der Waals surface area contributed by atoms with Gasteiger partial charge in [-0.25, -0.2) is 9.48 Å². The molecule has 0 bridgehead atoms. The lowest BCUT2D eigenvalue weighted by Crippen LogP contribution is -2.35. The van der Waals surface area contributed by atoms with Crippen molar-refractivity contribution in [2.75, 3.05) is 0 Å². The molecule has 1 N–H and O–H groups in total. The largest absolute Gasteiger partial charge is 0.348 e. The minimum Gasteiger partial charge on any atom is -0.348 e. The van der Waals surface area contributed by atoms with Crippen LogP contribution in [-0.2, 0) is 11.3 Å². The zero-order valence-electron chi connectivity index (χ0n) is 17.7. The van der Waals surface area contributed by atoms with Crippen molar-refractivity contribution in [1.82, 2.24) is 19.7 Å². The summed E-state index contributed by atoms with van der Waals surface area (Å²) >= 11 is 6.01. The molecule has 7 heteroatoms. The normalized spacial score (nSPS) is 14.4. The van der Waals surface area contributed by atoms with Gasteiger partial charge in [0.15, 0.2) is 5.82 Å². The Morgan fingerprint density at radius 1 is 1.09 bits per heavy atom. The molecule has 1 unspecified atom stereocenters. The Bertz CT molecular complexity index is 1350. The summed E-state index contributed by atoms with van der Waals surface area (Å²) in [5, 5.41) is 10.4. The van der Waals surface area contributed by atoms with Crippen LogP contribution in [0.3, 0.4) is 0 Å². The minimum absolute atomic E-state index is 0.131. The average Bonchev–Trinajstić information content (AvgIpc) is 3.58. The first-order valence-corrected chi connectivity index (χ1v) is 11.1. The van der Waals surface area contributed by atoms with Crippen LogP contribution in [0.2, 0.25) is 5.02 Å². The Morgan fingerprint density at radius 2 is 1.81 bits per heavy atom. The van der Waals surface area contributed by atoms with E-state index in [1.165, 1.54) is 4.68 Å². The van der Waals surface area contributed by atoms with Crippen LogP contribution in [0.15, 0.2) is 71.5 Å². The van der Waals surface area contributed by atoms with Crippen molar-refractivity contribution in [3.63, 3.8) is 0 Å². The van der Waals surface area contributed by atoms with Gasteiger partial charge < -0.3 is 5.32 Å². The second kappa shape index (κ2) is 8.28. The molecule has 1 heterocycles. The van der Waals surface area contributed by atoms with Crippen LogP contribution in [-0.4, -0.2) is 20.3 Å². The molecule has 0 saturated heterocycles. The van der Waals surface area contributed by atoms with Gasteiger partial charge >= 0.3 is 5.69 Å². The zero-order chi connectivity index (χ0) is 22.2. The van der Waals surface area contributed by atoms with Crippen molar-refractivity contribution >= 4 is 28.3 Å². The molecular weight excluding hydrogens is 424 g/mol. The highest BCUT2D eigenvalue weighted by molar-refractivity contribution is 6.30. The van der Waals surface area contributed by atoms with Gasteiger partial charge in [0.1, 0.15) is 6.54 Å². The van der Waals surface area contributed by atoms with Crippen LogP contribution in [0, 0.1) is 0 Å². The maximum atomic E-state index is 13.0. The van der Waals surface area contributed by atoms with Gasteiger partial charge in [-0.2, -0.15) is 0 Å². The smallest absolute Gasteiger partial charge is 0.346 e. The van der Waals surface area contributed by atoms with Gasteiger partial charge in [0, 0.05) is 16.6 Å². The van der Waals surface area contributed by atoms with Gasteiger partial charge in [0.2, 0.25) is 5.91 Å². The lowest BCUT2D eigenvalue weighted by atomic mass is 10.00. The maximum absolute atomic E-state index is 13.0. The summed E-state index contributed by atoms with van der Waals surface area (Å²) in [6.45, 7) is 1.82. The Morgan fingerprint density at radius 3 is 2.56 bits per heavy atom. The number of benzene rings is 3. The quantitative estimate of drug-likeness (QED) is 0.465. The zero-order valence-corrected chi connectivity index (χ0v) is 18.4. The van der Waals surface area contributed by atoms with E-state index in [1.807, 2.05) is 49.4 Å². The SMILES string of the molecule is CC(NC(=O)Cn1nc(-c2ccc(Cl)cc2)n(C2CC2)c1=O)c1cccc2ccccc12. The van der Waals surface area contributed by atoms with Crippen LogP contribution < -0.4 is 11.0 Å². The van der Waals surface area contributed by atoms with E-state index in [4.69, 9.17) is 11.6 Å². The molecular formula is C25H23ClN4O2. The maximum Gasteiger partial charge on any atom is 0.346 e. The summed E-state index contributed by atoms with van der Waals surface area (Å²) in [5.74, 6) is 0.319. The van der Waals surface area contributed by atoms with E-state index < -0.39 is 0 Å². The minimum atomic E-state index is -0.259.